The van der Waals surface area contributed by atoms with Crippen LogP contribution in [0.15, 0.2) is 0 Å². The average molecular weight is 227 g/mol. The van der Waals surface area contributed by atoms with E-state index in [4.69, 9.17) is 5.11 Å². The molecule has 0 aliphatic carbocycles. The van der Waals surface area contributed by atoms with Gasteiger partial charge in [-0.1, -0.05) is 6.92 Å². The van der Waals surface area contributed by atoms with E-state index in [0.29, 0.717) is 0 Å². The zero-order valence-electron chi connectivity index (χ0n) is 10.9. The largest absolute Gasteiger partial charge is 0.481 e. The number of carboxylic acids is 1. The first-order valence-electron chi connectivity index (χ1n) is 5.61. The number of carbonyl (C=O) groups is 1. The molecular weight excluding hydrogens is 202 g/mol. The van der Waals surface area contributed by atoms with E-state index < -0.39 is 11.4 Å². The molecule has 2 N–H and O–H groups in total. The molecule has 0 radical (unpaired) electrons. The molecule has 0 aromatic rings. The first-order valence-corrected chi connectivity index (χ1v) is 5.61. The monoisotopic (exact) mass is 227 g/mol. The summed E-state index contributed by atoms with van der Waals surface area (Å²) >= 11 is 0. The number of piperidine rings is 1. The van der Waals surface area contributed by atoms with Gasteiger partial charge in [-0.05, 0) is 52.6 Å². The van der Waals surface area contributed by atoms with Crippen molar-refractivity contribution in [1.82, 2.24) is 5.32 Å². The minimum absolute atomic E-state index is 0.583. The molecule has 1 atom stereocenters. The number of carboxylic acid groups (broad SMARTS) is 1. The highest BCUT2D eigenvalue weighted by Crippen LogP contribution is 2.11. The van der Waals surface area contributed by atoms with Crippen LogP contribution < -0.4 is 5.32 Å². The Kier molecular flexibility index (Phi) is 10.0. The summed E-state index contributed by atoms with van der Waals surface area (Å²) in [6.45, 7) is 9.76. The highest BCUT2D eigenvalue weighted by molar-refractivity contribution is 5.72. The van der Waals surface area contributed by atoms with E-state index >= 15 is 0 Å². The van der Waals surface area contributed by atoms with Gasteiger partial charge in [0.2, 0.25) is 0 Å². The summed E-state index contributed by atoms with van der Waals surface area (Å²) in [6.07, 6.45) is 10.8. The summed E-state index contributed by atoms with van der Waals surface area (Å²) in [4.78, 5) is 10.0. The number of rotatable bonds is 0. The van der Waals surface area contributed by atoms with Crippen LogP contribution in [0.2, 0.25) is 0 Å². The standard InChI is InChI=1S/C6H13N.C5H10O2.C2H2/c1-6-3-2-4-7-5-6;1-5(2,3)4(6)7;1-2/h6-7H,2-5H2,1H3;1-3H3,(H,6,7);1-2H/t6-;;/m1../s1. The Hall–Kier alpha value is -1.01. The lowest BCUT2D eigenvalue weighted by Gasteiger charge is -2.17. The van der Waals surface area contributed by atoms with Crippen LogP contribution in [-0.4, -0.2) is 24.2 Å². The van der Waals surface area contributed by atoms with Crippen LogP contribution in [0, 0.1) is 24.2 Å². The normalized spacial score (nSPS) is 19.5. The van der Waals surface area contributed by atoms with Crippen LogP contribution in [0.3, 0.4) is 0 Å². The zero-order valence-corrected chi connectivity index (χ0v) is 10.9. The molecule has 1 fully saturated rings. The second kappa shape index (κ2) is 9.23. The second-order valence-corrected chi connectivity index (χ2v) is 5.01. The summed E-state index contributed by atoms with van der Waals surface area (Å²) in [7, 11) is 0. The molecule has 16 heavy (non-hydrogen) atoms. The van der Waals surface area contributed by atoms with Crippen LogP contribution in [0.5, 0.6) is 0 Å². The highest BCUT2D eigenvalue weighted by Gasteiger charge is 2.18. The van der Waals surface area contributed by atoms with Gasteiger partial charge in [-0.3, -0.25) is 4.79 Å². The first kappa shape index (κ1) is 17.4. The van der Waals surface area contributed by atoms with Crippen LogP contribution in [0.4, 0.5) is 0 Å². The second-order valence-electron chi connectivity index (χ2n) is 5.01. The Morgan fingerprint density at radius 1 is 1.38 bits per heavy atom. The van der Waals surface area contributed by atoms with Gasteiger partial charge in [0.15, 0.2) is 0 Å². The minimum atomic E-state index is -0.757. The number of terminal acetylenes is 1. The van der Waals surface area contributed by atoms with Gasteiger partial charge >= 0.3 is 5.97 Å². The summed E-state index contributed by atoms with van der Waals surface area (Å²) in [5, 5.41) is 11.6. The molecule has 1 rings (SSSR count). The molecular formula is C13H25NO2. The third kappa shape index (κ3) is 11.1. The molecule has 0 amide bonds. The van der Waals surface area contributed by atoms with E-state index in [2.05, 4.69) is 25.1 Å². The fourth-order valence-electron chi connectivity index (χ4n) is 1.03. The summed E-state index contributed by atoms with van der Waals surface area (Å²) in [5.74, 6) is 0.168. The lowest BCUT2D eigenvalue weighted by atomic mass is 9.98. The fourth-order valence-corrected chi connectivity index (χ4v) is 1.03. The van der Waals surface area contributed by atoms with Gasteiger partial charge in [0.25, 0.3) is 0 Å². The van der Waals surface area contributed by atoms with Crippen LogP contribution in [0.25, 0.3) is 0 Å². The zero-order chi connectivity index (χ0) is 13.2. The van der Waals surface area contributed by atoms with Crippen molar-refractivity contribution in [2.45, 2.75) is 40.5 Å². The average Bonchev–Trinajstić information content (AvgIpc) is 2.21. The van der Waals surface area contributed by atoms with E-state index in [-0.39, 0.29) is 0 Å². The smallest absolute Gasteiger partial charge is 0.308 e. The third-order valence-electron chi connectivity index (χ3n) is 2.18. The lowest BCUT2D eigenvalue weighted by molar-refractivity contribution is -0.145. The first-order chi connectivity index (χ1) is 7.34. The summed E-state index contributed by atoms with van der Waals surface area (Å²) in [6, 6.07) is 0. The minimum Gasteiger partial charge on any atom is -0.481 e. The highest BCUT2D eigenvalue weighted by atomic mass is 16.4. The quantitative estimate of drug-likeness (QED) is 0.625. The van der Waals surface area contributed by atoms with Crippen molar-refractivity contribution in [2.75, 3.05) is 13.1 Å². The van der Waals surface area contributed by atoms with Gasteiger partial charge in [-0.2, -0.15) is 0 Å². The van der Waals surface area contributed by atoms with Crippen LogP contribution >= 0.6 is 0 Å². The predicted molar refractivity (Wildman–Crippen MR) is 68.2 cm³/mol. The van der Waals surface area contributed by atoms with E-state index in [9.17, 15) is 4.79 Å². The topological polar surface area (TPSA) is 49.3 Å². The van der Waals surface area contributed by atoms with Crippen LogP contribution in [-0.2, 0) is 4.79 Å². The van der Waals surface area contributed by atoms with Crippen LogP contribution in [0.1, 0.15) is 40.5 Å². The lowest BCUT2D eigenvalue weighted by Crippen LogP contribution is -2.27. The number of hydrogen-bond donors (Lipinski definition) is 2. The van der Waals surface area contributed by atoms with Crippen molar-refractivity contribution < 1.29 is 9.90 Å². The maximum atomic E-state index is 10.0. The maximum absolute atomic E-state index is 10.0. The maximum Gasteiger partial charge on any atom is 0.308 e. The van der Waals surface area contributed by atoms with Gasteiger partial charge in [0, 0.05) is 0 Å². The molecule has 1 saturated heterocycles. The molecule has 0 spiro atoms. The fraction of sp³-hybridized carbons (Fsp3) is 0.769. The molecule has 0 bridgehead atoms. The summed E-state index contributed by atoms with van der Waals surface area (Å²) in [5.41, 5.74) is -0.583. The Morgan fingerprint density at radius 3 is 1.94 bits per heavy atom. The van der Waals surface area contributed by atoms with Gasteiger partial charge in [-0.25, -0.2) is 0 Å². The SMILES string of the molecule is C#C.CC(C)(C)C(=O)O.C[C@@H]1CCCNC1. The number of nitrogens with one attached hydrogen (secondary N) is 1. The molecule has 0 saturated carbocycles. The predicted octanol–water partition coefficient (Wildman–Crippen LogP) is 2.37. The Morgan fingerprint density at radius 2 is 1.81 bits per heavy atom. The molecule has 0 aromatic heterocycles. The van der Waals surface area contributed by atoms with Crippen molar-refractivity contribution in [3.05, 3.63) is 0 Å². The van der Waals surface area contributed by atoms with Gasteiger partial charge in [0.1, 0.15) is 0 Å². The van der Waals surface area contributed by atoms with E-state index in [1.54, 1.807) is 20.8 Å². The third-order valence-corrected chi connectivity index (χ3v) is 2.18. The van der Waals surface area contributed by atoms with E-state index in [1.165, 1.54) is 25.9 Å². The molecule has 3 heteroatoms. The Labute approximate surface area is 99.6 Å². The van der Waals surface area contributed by atoms with Gasteiger partial charge in [-0.15, -0.1) is 12.8 Å². The summed E-state index contributed by atoms with van der Waals surface area (Å²) < 4.78 is 0. The molecule has 0 unspecified atom stereocenters. The molecule has 1 heterocycles. The molecule has 0 aromatic carbocycles. The van der Waals surface area contributed by atoms with Crippen molar-refractivity contribution in [3.63, 3.8) is 0 Å². The van der Waals surface area contributed by atoms with Gasteiger partial charge < -0.3 is 10.4 Å². The number of hydrogen-bond acceptors (Lipinski definition) is 2. The van der Waals surface area contributed by atoms with Crippen molar-refractivity contribution in [3.8, 4) is 12.8 Å². The Bertz CT molecular complexity index is 198. The molecule has 1 aliphatic heterocycles. The van der Waals surface area contributed by atoms with Crippen molar-refractivity contribution in [1.29, 1.82) is 0 Å². The van der Waals surface area contributed by atoms with Gasteiger partial charge in [0.05, 0.1) is 5.41 Å². The van der Waals surface area contributed by atoms with Crippen molar-refractivity contribution in [2.24, 2.45) is 11.3 Å². The molecule has 3 nitrogen and oxygen atoms in total. The van der Waals surface area contributed by atoms with Crippen molar-refractivity contribution >= 4 is 5.97 Å². The molecule has 94 valence electrons. The number of aliphatic carboxylic acids is 1. The van der Waals surface area contributed by atoms with E-state index in [1.807, 2.05) is 0 Å². The van der Waals surface area contributed by atoms with E-state index in [0.717, 1.165) is 5.92 Å². The Balaban J connectivity index is 0. The molecule has 1 aliphatic rings.